The number of fused-ring (bicyclic) bond motifs is 3. The smallest absolute Gasteiger partial charge is 0.410 e. The number of H-pyrrole nitrogens is 1. The zero-order chi connectivity index (χ0) is 19.2. The van der Waals surface area contributed by atoms with E-state index in [0.717, 1.165) is 25.7 Å². The molecule has 8 nitrogen and oxygen atoms in total. The van der Waals surface area contributed by atoms with Crippen molar-refractivity contribution in [3.8, 4) is 5.88 Å². The van der Waals surface area contributed by atoms with Gasteiger partial charge in [-0.25, -0.2) is 14.8 Å². The molecule has 8 heteroatoms. The first-order chi connectivity index (χ1) is 12.8. The molecule has 1 unspecified atom stereocenters. The van der Waals surface area contributed by atoms with Crippen LogP contribution in [0.4, 0.5) is 4.79 Å². The molecule has 2 aromatic heterocycles. The molecule has 4 rings (SSSR count). The average molecular weight is 372 g/mol. The van der Waals surface area contributed by atoms with Gasteiger partial charge in [0.25, 0.3) is 5.56 Å². The Morgan fingerprint density at radius 2 is 1.93 bits per heavy atom. The topological polar surface area (TPSA) is 97.4 Å². The third-order valence-corrected chi connectivity index (χ3v) is 5.08. The molecule has 2 aliphatic heterocycles. The summed E-state index contributed by atoms with van der Waals surface area (Å²) in [6.45, 7) is 5.64. The minimum Gasteiger partial charge on any atom is -0.474 e. The molecule has 2 aromatic rings. The first-order valence-corrected chi connectivity index (χ1v) is 9.31. The molecule has 1 amide bonds. The molecule has 0 radical (unpaired) electrons. The number of rotatable bonds is 2. The summed E-state index contributed by atoms with van der Waals surface area (Å²) in [7, 11) is 0. The Morgan fingerprint density at radius 1 is 1.22 bits per heavy atom. The van der Waals surface area contributed by atoms with Gasteiger partial charge in [0.2, 0.25) is 5.88 Å². The molecule has 0 aliphatic carbocycles. The van der Waals surface area contributed by atoms with Crippen molar-refractivity contribution < 1.29 is 14.3 Å². The van der Waals surface area contributed by atoms with Crippen LogP contribution in [0.5, 0.6) is 5.88 Å². The number of pyridine rings is 1. The average Bonchev–Trinajstić information content (AvgIpc) is 2.86. The Hall–Kier alpha value is -2.64. The second kappa shape index (κ2) is 6.51. The molecule has 3 atom stereocenters. The molecular weight excluding hydrogens is 348 g/mol. The standard InChI is InChI=1S/C19H24N4O4/c1-19(2,3)27-18(25)23-11-4-5-12(23)7-13(6-11)26-16-8-14-15(9-20-16)21-10-22-17(14)24/h8-13H,4-7H2,1-3H3,(H,21,22,24)/t11-,12+,13?. The lowest BCUT2D eigenvalue weighted by Crippen LogP contribution is -2.50. The highest BCUT2D eigenvalue weighted by Gasteiger charge is 2.45. The Balaban J connectivity index is 1.47. The molecule has 0 spiro atoms. The van der Waals surface area contributed by atoms with E-state index in [-0.39, 0.29) is 29.8 Å². The molecular formula is C19H24N4O4. The number of hydrogen-bond donors (Lipinski definition) is 1. The van der Waals surface area contributed by atoms with Crippen LogP contribution in [0.1, 0.15) is 46.5 Å². The van der Waals surface area contributed by atoms with E-state index in [4.69, 9.17) is 9.47 Å². The van der Waals surface area contributed by atoms with Crippen LogP contribution >= 0.6 is 0 Å². The summed E-state index contributed by atoms with van der Waals surface area (Å²) < 4.78 is 11.6. The molecule has 2 saturated heterocycles. The number of ether oxygens (including phenoxy) is 2. The quantitative estimate of drug-likeness (QED) is 0.870. The maximum absolute atomic E-state index is 12.5. The maximum atomic E-state index is 12.5. The lowest BCUT2D eigenvalue weighted by atomic mass is 10.0. The van der Waals surface area contributed by atoms with Crippen molar-refractivity contribution in [3.63, 3.8) is 0 Å². The van der Waals surface area contributed by atoms with Crippen LogP contribution in [0.15, 0.2) is 23.4 Å². The van der Waals surface area contributed by atoms with E-state index in [0.29, 0.717) is 16.8 Å². The Kier molecular flexibility index (Phi) is 4.28. The van der Waals surface area contributed by atoms with Crippen LogP contribution in [0.25, 0.3) is 10.9 Å². The number of piperidine rings is 1. The largest absolute Gasteiger partial charge is 0.474 e. The van der Waals surface area contributed by atoms with Gasteiger partial charge in [0.05, 0.1) is 23.4 Å². The molecule has 27 heavy (non-hydrogen) atoms. The van der Waals surface area contributed by atoms with Crippen LogP contribution in [0.2, 0.25) is 0 Å². The summed E-state index contributed by atoms with van der Waals surface area (Å²) >= 11 is 0. The van der Waals surface area contributed by atoms with Crippen molar-refractivity contribution in [2.24, 2.45) is 0 Å². The van der Waals surface area contributed by atoms with Gasteiger partial charge < -0.3 is 19.4 Å². The summed E-state index contributed by atoms with van der Waals surface area (Å²) in [4.78, 5) is 37.3. The minimum atomic E-state index is -0.500. The lowest BCUT2D eigenvalue weighted by Gasteiger charge is -2.39. The van der Waals surface area contributed by atoms with Gasteiger partial charge in [-0.3, -0.25) is 4.79 Å². The summed E-state index contributed by atoms with van der Waals surface area (Å²) in [5.74, 6) is 0.413. The van der Waals surface area contributed by atoms with Gasteiger partial charge >= 0.3 is 6.09 Å². The number of carbonyl (C=O) groups excluding carboxylic acids is 1. The first kappa shape index (κ1) is 17.8. The molecule has 0 aromatic carbocycles. The number of nitrogens with one attached hydrogen (secondary N) is 1. The predicted octanol–water partition coefficient (Wildman–Crippen LogP) is 2.63. The van der Waals surface area contributed by atoms with Gasteiger partial charge in [-0.1, -0.05) is 0 Å². The molecule has 0 saturated carbocycles. The fourth-order valence-electron chi connectivity index (χ4n) is 4.02. The van der Waals surface area contributed by atoms with Crippen molar-refractivity contribution >= 4 is 17.0 Å². The summed E-state index contributed by atoms with van der Waals surface area (Å²) in [5, 5.41) is 0.455. The highest BCUT2D eigenvalue weighted by atomic mass is 16.6. The van der Waals surface area contributed by atoms with E-state index in [1.54, 1.807) is 12.3 Å². The van der Waals surface area contributed by atoms with Crippen molar-refractivity contribution in [3.05, 3.63) is 28.9 Å². The van der Waals surface area contributed by atoms with Crippen LogP contribution < -0.4 is 10.3 Å². The SMILES string of the molecule is CC(C)(C)OC(=O)N1[C@@H]2CC[C@H]1CC(Oc1cc3c(=O)[nH]cnc3cn1)C2. The first-order valence-electron chi connectivity index (χ1n) is 9.31. The second-order valence-corrected chi connectivity index (χ2v) is 8.26. The van der Waals surface area contributed by atoms with E-state index in [9.17, 15) is 9.59 Å². The predicted molar refractivity (Wildman–Crippen MR) is 98.7 cm³/mol. The minimum absolute atomic E-state index is 0.0399. The van der Waals surface area contributed by atoms with Gasteiger partial charge in [-0.15, -0.1) is 0 Å². The Bertz CT molecular complexity index is 906. The Morgan fingerprint density at radius 3 is 2.59 bits per heavy atom. The fraction of sp³-hybridized carbons (Fsp3) is 0.579. The summed E-state index contributed by atoms with van der Waals surface area (Å²) in [5.41, 5.74) is -0.182. The van der Waals surface area contributed by atoms with Gasteiger partial charge in [-0.2, -0.15) is 0 Å². The third kappa shape index (κ3) is 3.61. The molecule has 4 heterocycles. The zero-order valence-corrected chi connectivity index (χ0v) is 15.8. The lowest BCUT2D eigenvalue weighted by molar-refractivity contribution is -0.00757. The van der Waals surface area contributed by atoms with E-state index in [1.807, 2.05) is 25.7 Å². The molecule has 2 aliphatic rings. The number of hydrogen-bond acceptors (Lipinski definition) is 6. The molecule has 2 fully saturated rings. The summed E-state index contributed by atoms with van der Waals surface area (Å²) in [6.07, 6.45) is 6.01. The highest BCUT2D eigenvalue weighted by molar-refractivity contribution is 5.77. The number of nitrogens with zero attached hydrogens (tertiary/aromatic N) is 3. The fourth-order valence-corrected chi connectivity index (χ4v) is 4.02. The van der Waals surface area contributed by atoms with Crippen LogP contribution in [-0.2, 0) is 4.74 Å². The van der Waals surface area contributed by atoms with E-state index < -0.39 is 5.60 Å². The number of amides is 1. The van der Waals surface area contributed by atoms with Crippen LogP contribution in [-0.4, -0.2) is 49.7 Å². The van der Waals surface area contributed by atoms with Crippen molar-refractivity contribution in [1.82, 2.24) is 19.9 Å². The van der Waals surface area contributed by atoms with E-state index in [1.165, 1.54) is 6.33 Å². The van der Waals surface area contributed by atoms with E-state index in [2.05, 4.69) is 15.0 Å². The maximum Gasteiger partial charge on any atom is 0.410 e. The number of aromatic amines is 1. The highest BCUT2D eigenvalue weighted by Crippen LogP contribution is 2.38. The molecule has 1 N–H and O–H groups in total. The zero-order valence-electron chi connectivity index (χ0n) is 15.8. The van der Waals surface area contributed by atoms with Crippen LogP contribution in [0.3, 0.4) is 0 Å². The normalized spacial score (nSPS) is 24.9. The van der Waals surface area contributed by atoms with E-state index >= 15 is 0 Å². The second-order valence-electron chi connectivity index (χ2n) is 8.26. The number of carbonyl (C=O) groups is 1. The molecule has 144 valence electrons. The van der Waals surface area contributed by atoms with Gasteiger partial charge in [0.15, 0.2) is 0 Å². The van der Waals surface area contributed by atoms with Gasteiger partial charge in [0.1, 0.15) is 11.7 Å². The van der Waals surface area contributed by atoms with Crippen molar-refractivity contribution in [2.75, 3.05) is 0 Å². The number of aromatic nitrogens is 3. The molecule has 2 bridgehead atoms. The third-order valence-electron chi connectivity index (χ3n) is 5.08. The van der Waals surface area contributed by atoms with Gasteiger partial charge in [-0.05, 0) is 33.6 Å². The summed E-state index contributed by atoms with van der Waals surface area (Å²) in [6, 6.07) is 1.87. The Labute approximate surface area is 156 Å². The monoisotopic (exact) mass is 372 g/mol. The van der Waals surface area contributed by atoms with Gasteiger partial charge in [0, 0.05) is 31.0 Å². The van der Waals surface area contributed by atoms with Crippen LogP contribution in [0, 0.1) is 0 Å². The van der Waals surface area contributed by atoms with Crippen molar-refractivity contribution in [1.29, 1.82) is 0 Å². The van der Waals surface area contributed by atoms with Crippen molar-refractivity contribution in [2.45, 2.75) is 70.2 Å².